The van der Waals surface area contributed by atoms with Crippen molar-refractivity contribution in [2.45, 2.75) is 91.5 Å². The number of benzene rings is 1. The van der Waals surface area contributed by atoms with Crippen molar-refractivity contribution in [2.24, 2.45) is 5.92 Å². The molecule has 0 heterocycles. The molecule has 1 unspecified atom stereocenters. The van der Waals surface area contributed by atoms with Crippen LogP contribution in [0.5, 0.6) is 11.5 Å². The molecule has 0 bridgehead atoms. The Balaban J connectivity index is 2.93. The van der Waals surface area contributed by atoms with Crippen molar-refractivity contribution in [1.29, 1.82) is 0 Å². The number of nitrogens with one attached hydrogen (secondary N) is 1. The van der Waals surface area contributed by atoms with Crippen LogP contribution in [0, 0.1) is 5.92 Å². The van der Waals surface area contributed by atoms with Gasteiger partial charge in [-0.05, 0) is 43.4 Å². The number of esters is 4. The number of ether oxygens (including phenoxy) is 4. The fourth-order valence-corrected chi connectivity index (χ4v) is 3.53. The van der Waals surface area contributed by atoms with E-state index in [2.05, 4.69) is 5.32 Å². The van der Waals surface area contributed by atoms with Gasteiger partial charge in [-0.15, -0.1) is 0 Å². The maximum atomic E-state index is 12.4. The highest BCUT2D eigenvalue weighted by Crippen LogP contribution is 2.30. The lowest BCUT2D eigenvalue weighted by Crippen LogP contribution is -2.41. The summed E-state index contributed by atoms with van der Waals surface area (Å²) in [5, 5.41) is 3.06. The van der Waals surface area contributed by atoms with E-state index >= 15 is 0 Å². The Hall–Kier alpha value is -2.94. The van der Waals surface area contributed by atoms with Crippen LogP contribution in [-0.2, 0) is 35.1 Å². The number of rotatable bonds is 18. The van der Waals surface area contributed by atoms with Crippen LogP contribution < -0.4 is 14.8 Å². The fourth-order valence-electron chi connectivity index (χ4n) is 3.53. The van der Waals surface area contributed by atoms with Gasteiger partial charge in [-0.2, -0.15) is 0 Å². The molecule has 0 aliphatic rings. The number of hydrogen-bond donors (Lipinski definition) is 1. The van der Waals surface area contributed by atoms with E-state index in [1.54, 1.807) is 18.2 Å². The van der Waals surface area contributed by atoms with E-state index < -0.39 is 23.9 Å². The number of carbonyl (C=O) groups excluding carboxylic acids is 4. The Morgan fingerprint density at radius 2 is 1.49 bits per heavy atom. The molecule has 1 aromatic carbocycles. The number of carbonyl (C=O) groups is 4. The average Bonchev–Trinajstić information content (AvgIpc) is 2.88. The minimum absolute atomic E-state index is 0.118. The van der Waals surface area contributed by atoms with Crippen LogP contribution in [-0.4, -0.2) is 50.2 Å². The molecule has 208 valence electrons. The Kier molecular flexibility index (Phi) is 15.9. The fraction of sp³-hybridized carbons (Fsp3) is 0.643. The summed E-state index contributed by atoms with van der Waals surface area (Å²) in [6.45, 7) is 8.16. The third kappa shape index (κ3) is 12.7. The smallest absolute Gasteiger partial charge is 0.323 e. The van der Waals surface area contributed by atoms with E-state index in [9.17, 15) is 19.2 Å². The van der Waals surface area contributed by atoms with Crippen molar-refractivity contribution in [3.8, 4) is 11.5 Å². The number of hydrogen-bond acceptors (Lipinski definition) is 9. The monoisotopic (exact) mass is 521 g/mol. The van der Waals surface area contributed by atoms with Crippen LogP contribution in [0.25, 0.3) is 0 Å². The second-order valence-corrected chi connectivity index (χ2v) is 9.03. The molecule has 0 amide bonds. The van der Waals surface area contributed by atoms with E-state index in [4.69, 9.17) is 18.9 Å². The van der Waals surface area contributed by atoms with Gasteiger partial charge in [-0.3, -0.25) is 19.2 Å². The van der Waals surface area contributed by atoms with Crippen molar-refractivity contribution in [3.05, 3.63) is 23.8 Å². The zero-order valence-electron chi connectivity index (χ0n) is 22.9. The summed E-state index contributed by atoms with van der Waals surface area (Å²) in [5.41, 5.74) is 0.670. The molecule has 0 aliphatic heterocycles. The normalized spacial score (nSPS) is 12.4. The molecule has 1 N–H and O–H groups in total. The van der Waals surface area contributed by atoms with Gasteiger partial charge >= 0.3 is 23.9 Å². The van der Waals surface area contributed by atoms with Gasteiger partial charge in [0, 0.05) is 19.4 Å². The van der Waals surface area contributed by atoms with Crippen LogP contribution >= 0.6 is 0 Å². The first-order valence-corrected chi connectivity index (χ1v) is 13.3. The third-order valence-corrected chi connectivity index (χ3v) is 5.71. The Bertz CT molecular complexity index is 870. The van der Waals surface area contributed by atoms with Gasteiger partial charge in [-0.1, -0.05) is 53.0 Å². The maximum absolute atomic E-state index is 12.4. The molecular formula is C28H43NO8. The highest BCUT2D eigenvalue weighted by Gasteiger charge is 2.22. The summed E-state index contributed by atoms with van der Waals surface area (Å²) < 4.78 is 21.2. The van der Waals surface area contributed by atoms with Crippen molar-refractivity contribution in [3.63, 3.8) is 0 Å². The highest BCUT2D eigenvalue weighted by molar-refractivity contribution is 5.77. The summed E-state index contributed by atoms with van der Waals surface area (Å²) in [6.07, 6.45) is 5.44. The molecule has 0 fully saturated rings. The standard InChI is InChI=1S/C28H43NO8/c1-6-9-12-25(30)36-23-15-14-21(19-24(23)37-26(31)13-10-7-2)18-22(28(33)34-5)29-16-17-35-27(32)20(4)11-8-3/h14-15,19-20,22,29H,6-13,16-18H2,1-5H3/t20?,22-/m0/s1. The molecule has 0 radical (unpaired) electrons. The van der Waals surface area contributed by atoms with Crippen LogP contribution in [0.4, 0.5) is 0 Å². The zero-order chi connectivity index (χ0) is 27.6. The topological polar surface area (TPSA) is 117 Å². The largest absolute Gasteiger partial charge is 0.468 e. The minimum atomic E-state index is -0.724. The Morgan fingerprint density at radius 3 is 2.05 bits per heavy atom. The molecule has 1 aromatic rings. The second kappa shape index (κ2) is 18.3. The maximum Gasteiger partial charge on any atom is 0.323 e. The van der Waals surface area contributed by atoms with Crippen LogP contribution in [0.1, 0.15) is 84.6 Å². The van der Waals surface area contributed by atoms with Gasteiger partial charge in [0.15, 0.2) is 11.5 Å². The predicted molar refractivity (Wildman–Crippen MR) is 139 cm³/mol. The Labute approximate surface area is 220 Å². The number of methoxy groups -OCH3 is 1. The summed E-state index contributed by atoms with van der Waals surface area (Å²) in [4.78, 5) is 48.9. The molecule has 0 spiro atoms. The van der Waals surface area contributed by atoms with Gasteiger partial charge in [-0.25, -0.2) is 0 Å². The van der Waals surface area contributed by atoms with E-state index in [0.717, 1.165) is 25.7 Å². The van der Waals surface area contributed by atoms with Gasteiger partial charge in [0.2, 0.25) is 0 Å². The SMILES string of the molecule is CCCCC(=O)Oc1ccc(C[C@H](NCCOC(=O)C(C)CCC)C(=O)OC)cc1OC(=O)CCCC. The predicted octanol–water partition coefficient (Wildman–Crippen LogP) is 4.53. The molecule has 9 nitrogen and oxygen atoms in total. The summed E-state index contributed by atoms with van der Waals surface area (Å²) in [6, 6.07) is 4.14. The first-order chi connectivity index (χ1) is 17.7. The third-order valence-electron chi connectivity index (χ3n) is 5.71. The first kappa shape index (κ1) is 32.1. The van der Waals surface area contributed by atoms with Crippen molar-refractivity contribution in [1.82, 2.24) is 5.32 Å². The van der Waals surface area contributed by atoms with E-state index in [-0.39, 0.29) is 55.8 Å². The molecule has 1 rings (SSSR count). The van der Waals surface area contributed by atoms with E-state index in [0.29, 0.717) is 18.4 Å². The van der Waals surface area contributed by atoms with Crippen molar-refractivity contribution < 1.29 is 38.1 Å². The van der Waals surface area contributed by atoms with Gasteiger partial charge in [0.05, 0.1) is 13.0 Å². The minimum Gasteiger partial charge on any atom is -0.468 e. The lowest BCUT2D eigenvalue weighted by Gasteiger charge is -2.18. The Morgan fingerprint density at radius 1 is 0.865 bits per heavy atom. The average molecular weight is 522 g/mol. The summed E-state index contributed by atoms with van der Waals surface area (Å²) in [7, 11) is 1.29. The number of unbranched alkanes of at least 4 members (excludes halogenated alkanes) is 2. The second-order valence-electron chi connectivity index (χ2n) is 9.03. The molecular weight excluding hydrogens is 478 g/mol. The first-order valence-electron chi connectivity index (χ1n) is 13.3. The van der Waals surface area contributed by atoms with Crippen LogP contribution in [0.15, 0.2) is 18.2 Å². The van der Waals surface area contributed by atoms with Gasteiger partial charge < -0.3 is 24.3 Å². The molecule has 37 heavy (non-hydrogen) atoms. The summed E-state index contributed by atoms with van der Waals surface area (Å²) >= 11 is 0. The lowest BCUT2D eigenvalue weighted by molar-refractivity contribution is -0.148. The van der Waals surface area contributed by atoms with Crippen molar-refractivity contribution in [2.75, 3.05) is 20.3 Å². The molecule has 0 saturated heterocycles. The van der Waals surface area contributed by atoms with Gasteiger partial charge in [0.1, 0.15) is 12.6 Å². The quantitative estimate of drug-likeness (QED) is 0.169. The molecule has 9 heteroatoms. The van der Waals surface area contributed by atoms with Crippen molar-refractivity contribution >= 4 is 23.9 Å². The van der Waals surface area contributed by atoms with Gasteiger partial charge in [0.25, 0.3) is 0 Å². The highest BCUT2D eigenvalue weighted by atomic mass is 16.6. The van der Waals surface area contributed by atoms with Crippen LogP contribution in [0.2, 0.25) is 0 Å². The lowest BCUT2D eigenvalue weighted by atomic mass is 10.0. The molecule has 2 atom stereocenters. The summed E-state index contributed by atoms with van der Waals surface area (Å²) in [5.74, 6) is -1.46. The zero-order valence-corrected chi connectivity index (χ0v) is 22.9. The molecule has 0 aliphatic carbocycles. The van der Waals surface area contributed by atoms with Crippen LogP contribution in [0.3, 0.4) is 0 Å². The molecule has 0 aromatic heterocycles. The van der Waals surface area contributed by atoms with E-state index in [1.165, 1.54) is 7.11 Å². The molecule has 0 saturated carbocycles. The van der Waals surface area contributed by atoms with E-state index in [1.807, 2.05) is 27.7 Å².